The molecule has 6 heteroatoms. The second-order valence-corrected chi connectivity index (χ2v) is 7.39. The summed E-state index contributed by atoms with van der Waals surface area (Å²) in [4.78, 5) is 23.9. The van der Waals surface area contributed by atoms with Crippen LogP contribution in [0.4, 0.5) is 4.79 Å². The predicted molar refractivity (Wildman–Crippen MR) is 104 cm³/mol. The number of benzene rings is 2. The molecule has 0 spiro atoms. The topological polar surface area (TPSA) is 84.9 Å². The van der Waals surface area contributed by atoms with Gasteiger partial charge in [0.15, 0.2) is 0 Å². The molecule has 1 amide bonds. The summed E-state index contributed by atoms with van der Waals surface area (Å²) < 4.78 is 10.8. The number of carbonyl (C=O) groups is 2. The summed E-state index contributed by atoms with van der Waals surface area (Å²) >= 11 is 0. The second-order valence-electron chi connectivity index (χ2n) is 7.39. The van der Waals surface area contributed by atoms with Crippen LogP contribution in [0.5, 0.6) is 5.75 Å². The zero-order valence-corrected chi connectivity index (χ0v) is 16.1. The summed E-state index contributed by atoms with van der Waals surface area (Å²) in [6, 6.07) is 16.3. The van der Waals surface area contributed by atoms with Gasteiger partial charge in [-0.05, 0) is 49.9 Å². The summed E-state index contributed by atoms with van der Waals surface area (Å²) in [5.74, 6) is -0.182. The maximum Gasteiger partial charge on any atom is 0.407 e. The van der Waals surface area contributed by atoms with Gasteiger partial charge >= 0.3 is 12.1 Å². The standard InChI is InChI=1S/C22H25NO5/c1-15(2)28-19-10-8-17(9-11-19)22(20(24)25)12-18(13-22)23-21(26)27-14-16-6-4-3-5-7-16/h3-11,15,18H,12-14H2,1-2H3,(H,23,26)(H,24,25). The number of rotatable bonds is 7. The van der Waals surface area contributed by atoms with Crippen molar-refractivity contribution in [3.8, 4) is 5.75 Å². The summed E-state index contributed by atoms with van der Waals surface area (Å²) in [5.41, 5.74) is 0.620. The number of ether oxygens (including phenoxy) is 2. The summed E-state index contributed by atoms with van der Waals surface area (Å²) in [6.45, 7) is 4.05. The molecule has 1 fully saturated rings. The van der Waals surface area contributed by atoms with E-state index < -0.39 is 17.5 Å². The van der Waals surface area contributed by atoms with Crippen molar-refractivity contribution in [3.05, 3.63) is 65.7 Å². The molecule has 1 saturated carbocycles. The van der Waals surface area contributed by atoms with E-state index in [1.165, 1.54) is 0 Å². The van der Waals surface area contributed by atoms with Crippen molar-refractivity contribution in [2.75, 3.05) is 0 Å². The molecule has 6 nitrogen and oxygen atoms in total. The number of carboxylic acid groups (broad SMARTS) is 1. The van der Waals surface area contributed by atoms with E-state index >= 15 is 0 Å². The number of amides is 1. The fourth-order valence-corrected chi connectivity index (χ4v) is 3.47. The lowest BCUT2D eigenvalue weighted by Gasteiger charge is -2.44. The van der Waals surface area contributed by atoms with Crippen molar-refractivity contribution in [1.82, 2.24) is 5.32 Å². The van der Waals surface area contributed by atoms with Crippen molar-refractivity contribution in [1.29, 1.82) is 0 Å². The first kappa shape index (κ1) is 19.7. The van der Waals surface area contributed by atoms with E-state index in [1.54, 1.807) is 24.3 Å². The molecule has 1 aliphatic rings. The van der Waals surface area contributed by atoms with Crippen LogP contribution in [-0.2, 0) is 21.6 Å². The molecule has 148 valence electrons. The molecule has 3 rings (SSSR count). The number of carboxylic acids is 1. The van der Waals surface area contributed by atoms with E-state index in [4.69, 9.17) is 9.47 Å². The van der Waals surface area contributed by atoms with Crippen LogP contribution >= 0.6 is 0 Å². The van der Waals surface area contributed by atoms with Crippen LogP contribution in [-0.4, -0.2) is 29.3 Å². The predicted octanol–water partition coefficient (Wildman–Crippen LogP) is 3.89. The van der Waals surface area contributed by atoms with Crippen LogP contribution in [0.25, 0.3) is 0 Å². The Labute approximate surface area is 164 Å². The van der Waals surface area contributed by atoms with Gasteiger partial charge in [-0.1, -0.05) is 42.5 Å². The third-order valence-electron chi connectivity index (χ3n) is 4.91. The first-order valence-electron chi connectivity index (χ1n) is 9.37. The summed E-state index contributed by atoms with van der Waals surface area (Å²) in [6.07, 6.45) is 0.173. The number of carbonyl (C=O) groups excluding carboxylic acids is 1. The van der Waals surface area contributed by atoms with Crippen molar-refractivity contribution >= 4 is 12.1 Å². The highest BCUT2D eigenvalue weighted by molar-refractivity contribution is 5.83. The quantitative estimate of drug-likeness (QED) is 0.758. The summed E-state index contributed by atoms with van der Waals surface area (Å²) in [7, 11) is 0. The fourth-order valence-electron chi connectivity index (χ4n) is 3.47. The molecule has 0 bridgehead atoms. The lowest BCUT2D eigenvalue weighted by atomic mass is 9.61. The van der Waals surface area contributed by atoms with E-state index in [1.807, 2.05) is 44.2 Å². The number of aliphatic carboxylic acids is 1. The van der Waals surface area contributed by atoms with Crippen LogP contribution < -0.4 is 10.1 Å². The smallest absolute Gasteiger partial charge is 0.407 e. The minimum Gasteiger partial charge on any atom is -0.491 e. The second kappa shape index (κ2) is 8.33. The lowest BCUT2D eigenvalue weighted by molar-refractivity contribution is -0.148. The minimum atomic E-state index is -0.992. The van der Waals surface area contributed by atoms with Gasteiger partial charge in [-0.3, -0.25) is 4.79 Å². The van der Waals surface area contributed by atoms with E-state index in [-0.39, 0.29) is 18.8 Å². The minimum absolute atomic E-state index is 0.0541. The Morgan fingerprint density at radius 2 is 1.75 bits per heavy atom. The van der Waals surface area contributed by atoms with Crippen molar-refractivity contribution in [3.63, 3.8) is 0 Å². The number of nitrogens with one attached hydrogen (secondary N) is 1. The molecule has 2 N–H and O–H groups in total. The third kappa shape index (κ3) is 4.44. The van der Waals surface area contributed by atoms with Gasteiger partial charge in [0.1, 0.15) is 12.4 Å². The van der Waals surface area contributed by atoms with Gasteiger partial charge < -0.3 is 19.9 Å². The zero-order chi connectivity index (χ0) is 20.1. The number of hydrogen-bond donors (Lipinski definition) is 2. The monoisotopic (exact) mass is 383 g/mol. The average molecular weight is 383 g/mol. The Morgan fingerprint density at radius 3 is 2.32 bits per heavy atom. The first-order valence-corrected chi connectivity index (χ1v) is 9.37. The normalized spacial score (nSPS) is 20.9. The average Bonchev–Trinajstić information content (AvgIpc) is 2.63. The van der Waals surface area contributed by atoms with Crippen LogP contribution in [0.2, 0.25) is 0 Å². The Hall–Kier alpha value is -3.02. The fraction of sp³-hybridized carbons (Fsp3) is 0.364. The highest BCUT2D eigenvalue weighted by Crippen LogP contribution is 2.44. The largest absolute Gasteiger partial charge is 0.491 e. The van der Waals surface area contributed by atoms with Crippen molar-refractivity contribution in [2.45, 2.75) is 50.9 Å². The van der Waals surface area contributed by atoms with Gasteiger partial charge in [0, 0.05) is 6.04 Å². The molecule has 1 aliphatic carbocycles. The molecule has 28 heavy (non-hydrogen) atoms. The van der Waals surface area contributed by atoms with Crippen LogP contribution in [0.3, 0.4) is 0 Å². The van der Waals surface area contributed by atoms with E-state index in [0.717, 1.165) is 5.56 Å². The molecule has 2 aromatic rings. The van der Waals surface area contributed by atoms with Crippen molar-refractivity contribution in [2.24, 2.45) is 0 Å². The molecular weight excluding hydrogens is 358 g/mol. The molecular formula is C22H25NO5. The van der Waals surface area contributed by atoms with E-state index in [0.29, 0.717) is 24.2 Å². The Bertz CT molecular complexity index is 811. The van der Waals surface area contributed by atoms with Gasteiger partial charge in [0.05, 0.1) is 11.5 Å². The van der Waals surface area contributed by atoms with E-state index in [9.17, 15) is 14.7 Å². The highest BCUT2D eigenvalue weighted by Gasteiger charge is 2.52. The maximum absolute atomic E-state index is 12.0. The van der Waals surface area contributed by atoms with Crippen LogP contribution in [0, 0.1) is 0 Å². The van der Waals surface area contributed by atoms with Gasteiger partial charge in [0.25, 0.3) is 0 Å². The molecule has 0 saturated heterocycles. The molecule has 0 unspecified atom stereocenters. The molecule has 0 radical (unpaired) electrons. The first-order chi connectivity index (χ1) is 13.4. The Morgan fingerprint density at radius 1 is 1.11 bits per heavy atom. The lowest BCUT2D eigenvalue weighted by Crippen LogP contribution is -2.57. The highest BCUT2D eigenvalue weighted by atomic mass is 16.5. The zero-order valence-electron chi connectivity index (χ0n) is 16.1. The van der Waals surface area contributed by atoms with Gasteiger partial charge in [-0.15, -0.1) is 0 Å². The maximum atomic E-state index is 12.0. The van der Waals surface area contributed by atoms with Crippen molar-refractivity contribution < 1.29 is 24.2 Å². The number of alkyl carbamates (subject to hydrolysis) is 1. The molecule has 0 heterocycles. The van der Waals surface area contributed by atoms with Gasteiger partial charge in [0.2, 0.25) is 0 Å². The molecule has 2 aromatic carbocycles. The molecule has 0 aliphatic heterocycles. The SMILES string of the molecule is CC(C)Oc1ccc(C2(C(=O)O)CC(NC(=O)OCc3ccccc3)C2)cc1. The van der Waals surface area contributed by atoms with Gasteiger partial charge in [-0.2, -0.15) is 0 Å². The molecule has 0 aromatic heterocycles. The summed E-state index contributed by atoms with van der Waals surface area (Å²) in [5, 5.41) is 12.5. The Kier molecular flexibility index (Phi) is 5.87. The number of hydrogen-bond acceptors (Lipinski definition) is 4. The third-order valence-corrected chi connectivity index (χ3v) is 4.91. The van der Waals surface area contributed by atoms with E-state index in [2.05, 4.69) is 5.32 Å². The van der Waals surface area contributed by atoms with Gasteiger partial charge in [-0.25, -0.2) is 4.79 Å². The Balaban J connectivity index is 1.56. The van der Waals surface area contributed by atoms with Crippen LogP contribution in [0.15, 0.2) is 54.6 Å². The van der Waals surface area contributed by atoms with Crippen LogP contribution in [0.1, 0.15) is 37.8 Å². The molecule has 0 atom stereocenters.